The van der Waals surface area contributed by atoms with Gasteiger partial charge in [0.2, 0.25) is 11.8 Å². The van der Waals surface area contributed by atoms with Gasteiger partial charge in [-0.15, -0.1) is 0 Å². The number of nitrogens with one attached hydrogen (secondary N) is 1. The molecule has 4 aromatic carbocycles. The quantitative estimate of drug-likeness (QED) is 0.214. The number of hydrogen-bond donors (Lipinski definition) is 1. The number of methoxy groups -OCH3 is 1. The van der Waals surface area contributed by atoms with Crippen LogP contribution in [0.1, 0.15) is 34.7 Å². The Morgan fingerprint density at radius 2 is 1.51 bits per heavy atom. The summed E-state index contributed by atoms with van der Waals surface area (Å²) in [7, 11) is 1.61. The standard InChI is InChI=1S/C32H30Cl2N2O3/c1-39-28-17-12-24(13-18-28)22-36(30(37)19-14-23-8-4-2-5-9-23)31(25-10-6-3-7-11-25)32(38)35-21-26-15-16-27(33)20-29(26)34/h2-13,15-18,20,31H,14,19,21-22H2,1H3,(H,35,38). The maximum Gasteiger partial charge on any atom is 0.247 e. The molecule has 200 valence electrons. The number of carbonyl (C=O) groups is 2. The second-order valence-electron chi connectivity index (χ2n) is 9.12. The third-order valence-electron chi connectivity index (χ3n) is 6.45. The van der Waals surface area contributed by atoms with Gasteiger partial charge in [-0.25, -0.2) is 0 Å². The first-order valence-electron chi connectivity index (χ1n) is 12.7. The van der Waals surface area contributed by atoms with Crippen molar-refractivity contribution in [3.05, 3.63) is 135 Å². The minimum absolute atomic E-state index is 0.122. The highest BCUT2D eigenvalue weighted by atomic mass is 35.5. The number of ether oxygens (including phenoxy) is 1. The molecule has 0 aliphatic heterocycles. The molecule has 1 N–H and O–H groups in total. The molecule has 0 aliphatic rings. The van der Waals surface area contributed by atoms with E-state index in [-0.39, 0.29) is 31.3 Å². The Morgan fingerprint density at radius 3 is 2.15 bits per heavy atom. The number of carbonyl (C=O) groups excluding carboxylic acids is 2. The summed E-state index contributed by atoms with van der Waals surface area (Å²) in [5, 5.41) is 3.98. The summed E-state index contributed by atoms with van der Waals surface area (Å²) < 4.78 is 5.29. The van der Waals surface area contributed by atoms with E-state index >= 15 is 0 Å². The molecule has 0 radical (unpaired) electrons. The molecule has 0 aromatic heterocycles. The number of hydrogen-bond acceptors (Lipinski definition) is 3. The minimum Gasteiger partial charge on any atom is -0.497 e. The van der Waals surface area contributed by atoms with E-state index in [1.54, 1.807) is 30.2 Å². The van der Waals surface area contributed by atoms with Gasteiger partial charge in [0.15, 0.2) is 0 Å². The van der Waals surface area contributed by atoms with Crippen molar-refractivity contribution >= 4 is 35.0 Å². The zero-order valence-corrected chi connectivity index (χ0v) is 23.2. The molecule has 4 aromatic rings. The zero-order chi connectivity index (χ0) is 27.6. The van der Waals surface area contributed by atoms with Crippen LogP contribution in [-0.2, 0) is 29.1 Å². The van der Waals surface area contributed by atoms with Gasteiger partial charge in [-0.1, -0.05) is 102 Å². The highest BCUT2D eigenvalue weighted by Gasteiger charge is 2.31. The molecule has 0 aliphatic carbocycles. The van der Waals surface area contributed by atoms with Crippen LogP contribution in [0, 0.1) is 0 Å². The summed E-state index contributed by atoms with van der Waals surface area (Å²) in [6, 6.07) is 31.0. The van der Waals surface area contributed by atoms with Crippen molar-refractivity contribution in [3.63, 3.8) is 0 Å². The first-order valence-corrected chi connectivity index (χ1v) is 13.4. The van der Waals surface area contributed by atoms with Crippen LogP contribution in [0.15, 0.2) is 103 Å². The fourth-order valence-corrected chi connectivity index (χ4v) is 4.82. The van der Waals surface area contributed by atoms with Crippen LogP contribution in [0.4, 0.5) is 0 Å². The summed E-state index contributed by atoms with van der Waals surface area (Å²) in [5.74, 6) is 0.301. The lowest BCUT2D eigenvalue weighted by atomic mass is 10.0. The van der Waals surface area contributed by atoms with Gasteiger partial charge in [0.1, 0.15) is 11.8 Å². The van der Waals surface area contributed by atoms with Crippen LogP contribution < -0.4 is 10.1 Å². The fraction of sp³-hybridized carbons (Fsp3) is 0.188. The molecule has 1 atom stereocenters. The van der Waals surface area contributed by atoms with E-state index in [2.05, 4.69) is 5.32 Å². The Bertz CT molecular complexity index is 1380. The van der Waals surface area contributed by atoms with E-state index < -0.39 is 6.04 Å². The summed E-state index contributed by atoms with van der Waals surface area (Å²) in [6.07, 6.45) is 0.835. The number of aryl methyl sites for hydroxylation is 1. The Balaban J connectivity index is 1.64. The van der Waals surface area contributed by atoms with Crippen molar-refractivity contribution in [3.8, 4) is 5.75 Å². The highest BCUT2D eigenvalue weighted by molar-refractivity contribution is 6.35. The van der Waals surface area contributed by atoms with Gasteiger partial charge in [0.25, 0.3) is 0 Å². The predicted octanol–water partition coefficient (Wildman–Crippen LogP) is 7.02. The fourth-order valence-electron chi connectivity index (χ4n) is 4.34. The summed E-state index contributed by atoms with van der Waals surface area (Å²) in [5.41, 5.74) is 3.41. The van der Waals surface area contributed by atoms with Crippen molar-refractivity contribution < 1.29 is 14.3 Å². The van der Waals surface area contributed by atoms with E-state index in [9.17, 15) is 9.59 Å². The number of amides is 2. The van der Waals surface area contributed by atoms with E-state index in [1.165, 1.54) is 0 Å². The van der Waals surface area contributed by atoms with Crippen LogP contribution in [0.5, 0.6) is 5.75 Å². The molecule has 5 nitrogen and oxygen atoms in total. The number of benzene rings is 4. The molecular formula is C32H30Cl2N2O3. The molecule has 0 saturated heterocycles. The zero-order valence-electron chi connectivity index (χ0n) is 21.6. The lowest BCUT2D eigenvalue weighted by Crippen LogP contribution is -2.43. The molecule has 2 amide bonds. The van der Waals surface area contributed by atoms with E-state index in [1.807, 2.05) is 84.9 Å². The van der Waals surface area contributed by atoms with Gasteiger partial charge >= 0.3 is 0 Å². The predicted molar refractivity (Wildman–Crippen MR) is 156 cm³/mol. The normalized spacial score (nSPS) is 11.5. The van der Waals surface area contributed by atoms with Gasteiger partial charge < -0.3 is 15.0 Å². The molecule has 0 saturated carbocycles. The largest absolute Gasteiger partial charge is 0.497 e. The van der Waals surface area contributed by atoms with Gasteiger partial charge in [-0.2, -0.15) is 0 Å². The number of rotatable bonds is 11. The Labute approximate surface area is 239 Å². The lowest BCUT2D eigenvalue weighted by molar-refractivity contribution is -0.141. The highest BCUT2D eigenvalue weighted by Crippen LogP contribution is 2.27. The number of halogens is 2. The van der Waals surface area contributed by atoms with Crippen LogP contribution in [0.3, 0.4) is 0 Å². The van der Waals surface area contributed by atoms with E-state index in [0.717, 1.165) is 28.0 Å². The molecular weight excluding hydrogens is 531 g/mol. The monoisotopic (exact) mass is 560 g/mol. The summed E-state index contributed by atoms with van der Waals surface area (Å²) in [4.78, 5) is 29.3. The second kappa shape index (κ2) is 13.8. The topological polar surface area (TPSA) is 58.6 Å². The summed E-state index contributed by atoms with van der Waals surface area (Å²) >= 11 is 12.4. The van der Waals surface area contributed by atoms with Crippen molar-refractivity contribution in [1.29, 1.82) is 0 Å². The second-order valence-corrected chi connectivity index (χ2v) is 9.97. The van der Waals surface area contributed by atoms with Crippen LogP contribution in [-0.4, -0.2) is 23.8 Å². The van der Waals surface area contributed by atoms with Crippen molar-refractivity contribution in [1.82, 2.24) is 10.2 Å². The summed E-state index contributed by atoms with van der Waals surface area (Å²) in [6.45, 7) is 0.457. The minimum atomic E-state index is -0.845. The lowest BCUT2D eigenvalue weighted by Gasteiger charge is -2.32. The van der Waals surface area contributed by atoms with Gasteiger partial charge in [0, 0.05) is 29.6 Å². The number of nitrogens with zero attached hydrogens (tertiary/aromatic N) is 1. The molecule has 1 unspecified atom stereocenters. The van der Waals surface area contributed by atoms with Gasteiger partial charge in [0.05, 0.1) is 7.11 Å². The van der Waals surface area contributed by atoms with E-state index in [0.29, 0.717) is 16.5 Å². The Hall–Kier alpha value is -3.80. The molecule has 7 heteroatoms. The molecule has 4 rings (SSSR count). The average molecular weight is 562 g/mol. The smallest absolute Gasteiger partial charge is 0.247 e. The van der Waals surface area contributed by atoms with Crippen LogP contribution in [0.25, 0.3) is 0 Å². The average Bonchev–Trinajstić information content (AvgIpc) is 2.96. The van der Waals surface area contributed by atoms with Crippen molar-refractivity contribution in [2.75, 3.05) is 7.11 Å². The van der Waals surface area contributed by atoms with Gasteiger partial charge in [-0.3, -0.25) is 9.59 Å². The molecule has 0 heterocycles. The Kier molecular flexibility index (Phi) is 10.0. The van der Waals surface area contributed by atoms with E-state index in [4.69, 9.17) is 27.9 Å². The first-order chi connectivity index (χ1) is 18.9. The maximum absolute atomic E-state index is 13.8. The van der Waals surface area contributed by atoms with Crippen molar-refractivity contribution in [2.24, 2.45) is 0 Å². The molecule has 0 bridgehead atoms. The van der Waals surface area contributed by atoms with Crippen LogP contribution >= 0.6 is 23.2 Å². The molecule has 0 fully saturated rings. The first kappa shape index (κ1) is 28.2. The van der Waals surface area contributed by atoms with Crippen molar-refractivity contribution in [2.45, 2.75) is 32.0 Å². The molecule has 0 spiro atoms. The Morgan fingerprint density at radius 1 is 0.846 bits per heavy atom. The van der Waals surface area contributed by atoms with Crippen LogP contribution in [0.2, 0.25) is 10.0 Å². The van der Waals surface area contributed by atoms with Gasteiger partial charge in [-0.05, 0) is 52.9 Å². The maximum atomic E-state index is 13.8. The molecule has 39 heavy (non-hydrogen) atoms. The third-order valence-corrected chi connectivity index (χ3v) is 7.03. The SMILES string of the molecule is COc1ccc(CN(C(=O)CCc2ccccc2)C(C(=O)NCc2ccc(Cl)cc2Cl)c2ccccc2)cc1. The third kappa shape index (κ3) is 7.85.